The van der Waals surface area contributed by atoms with E-state index in [-0.39, 0.29) is 12.3 Å². The zero-order chi connectivity index (χ0) is 25.0. The zero-order valence-electron chi connectivity index (χ0n) is 19.6. The van der Waals surface area contributed by atoms with Gasteiger partial charge in [0, 0.05) is 37.1 Å². The molecule has 10 nitrogen and oxygen atoms in total. The molecule has 1 aliphatic rings. The van der Waals surface area contributed by atoms with Crippen LogP contribution in [0.5, 0.6) is 5.75 Å². The molecule has 34 heavy (non-hydrogen) atoms. The molecule has 0 N–H and O–H groups in total. The monoisotopic (exact) mass is 493 g/mol. The van der Waals surface area contributed by atoms with Gasteiger partial charge in [0.2, 0.25) is 0 Å². The molecule has 0 aliphatic carbocycles. The molecule has 3 rings (SSSR count). The number of hydrogen-bond donors (Lipinski definition) is 0. The van der Waals surface area contributed by atoms with Crippen molar-refractivity contribution in [1.29, 1.82) is 0 Å². The number of nitrogens with zero attached hydrogens (tertiary/aromatic N) is 1. The lowest BCUT2D eigenvalue weighted by Crippen LogP contribution is -2.56. The highest BCUT2D eigenvalue weighted by Gasteiger charge is 2.48. The summed E-state index contributed by atoms with van der Waals surface area (Å²) in [4.78, 5) is 49.4. The Kier molecular flexibility index (Phi) is 8.21. The molecule has 1 aliphatic heterocycles. The van der Waals surface area contributed by atoms with Crippen LogP contribution in [0.15, 0.2) is 33.5 Å². The number of hydrogen-bond acceptors (Lipinski definition) is 11. The molecule has 2 heterocycles. The molecule has 0 radical (unpaired) electrons. The van der Waals surface area contributed by atoms with Crippen molar-refractivity contribution >= 4 is 40.6 Å². The minimum absolute atomic E-state index is 0.0146. The van der Waals surface area contributed by atoms with E-state index in [1.807, 2.05) is 0 Å². The zero-order valence-corrected chi connectivity index (χ0v) is 20.4. The van der Waals surface area contributed by atoms with Crippen LogP contribution in [-0.4, -0.2) is 72.9 Å². The first-order valence-corrected chi connectivity index (χ1v) is 11.6. The number of likely N-dealkylation sites (N-methyl/N-ethyl adjacent to an activating group) is 1. The SMILES string of the molecule is CC(=O)O[C@@H]1[C@@H](OC(=O)CN(C)C)[C@@H](Oc2ccc3c(C)cc(=O)oc3c2)SC[C@H]1OC(C)=O. The molecule has 0 bridgehead atoms. The van der Waals surface area contributed by atoms with Crippen LogP contribution in [0.4, 0.5) is 0 Å². The molecule has 0 saturated carbocycles. The van der Waals surface area contributed by atoms with Gasteiger partial charge >= 0.3 is 23.5 Å². The Labute approximate surface area is 200 Å². The predicted molar refractivity (Wildman–Crippen MR) is 124 cm³/mol. The predicted octanol–water partition coefficient (Wildman–Crippen LogP) is 1.89. The molecule has 11 heteroatoms. The van der Waals surface area contributed by atoms with Gasteiger partial charge in [-0.25, -0.2) is 4.79 Å². The smallest absolute Gasteiger partial charge is 0.336 e. The lowest BCUT2D eigenvalue weighted by atomic mass is 10.1. The van der Waals surface area contributed by atoms with Crippen molar-refractivity contribution in [2.75, 3.05) is 26.4 Å². The molecule has 1 fully saturated rings. The summed E-state index contributed by atoms with van der Waals surface area (Å²) in [6.07, 6.45) is -2.97. The Balaban J connectivity index is 1.93. The Morgan fingerprint density at radius 3 is 2.41 bits per heavy atom. The van der Waals surface area contributed by atoms with Gasteiger partial charge in [0.15, 0.2) is 23.7 Å². The van der Waals surface area contributed by atoms with Gasteiger partial charge in [0.25, 0.3) is 0 Å². The summed E-state index contributed by atoms with van der Waals surface area (Å²) in [5.41, 5.74) is -0.168. The quantitative estimate of drug-likeness (QED) is 0.319. The van der Waals surface area contributed by atoms with E-state index in [0.29, 0.717) is 11.3 Å². The standard InChI is InChI=1S/C23H27NO9S/c1-12-8-19(27)32-17-9-15(6-7-16(12)17)31-23-22(33-20(28)10-24(4)5)21(30-14(3)26)18(11-34-23)29-13(2)25/h6-9,18,21-23H,10-11H2,1-5H3/t18-,21+,22-,23+/m1/s1. The second-order valence-corrected chi connectivity index (χ2v) is 9.27. The van der Waals surface area contributed by atoms with Crippen LogP contribution in [-0.2, 0) is 28.6 Å². The lowest BCUT2D eigenvalue weighted by molar-refractivity contribution is -0.187. The van der Waals surface area contributed by atoms with Crippen molar-refractivity contribution in [3.63, 3.8) is 0 Å². The normalized spacial score (nSPS) is 22.3. The minimum Gasteiger partial charge on any atom is -0.476 e. The summed E-state index contributed by atoms with van der Waals surface area (Å²) >= 11 is 1.25. The maximum Gasteiger partial charge on any atom is 0.336 e. The van der Waals surface area contributed by atoms with Crippen LogP contribution in [0.25, 0.3) is 11.0 Å². The Bertz CT molecular complexity index is 1130. The van der Waals surface area contributed by atoms with Crippen LogP contribution < -0.4 is 10.4 Å². The molecule has 1 saturated heterocycles. The van der Waals surface area contributed by atoms with Crippen molar-refractivity contribution in [3.8, 4) is 5.75 Å². The molecule has 0 unspecified atom stereocenters. The average Bonchev–Trinajstić information content (AvgIpc) is 2.70. The Morgan fingerprint density at radius 2 is 1.76 bits per heavy atom. The maximum absolute atomic E-state index is 12.5. The van der Waals surface area contributed by atoms with Crippen LogP contribution >= 0.6 is 11.8 Å². The van der Waals surface area contributed by atoms with Crippen molar-refractivity contribution in [2.24, 2.45) is 0 Å². The van der Waals surface area contributed by atoms with Gasteiger partial charge in [-0.1, -0.05) is 0 Å². The molecule has 4 atom stereocenters. The fourth-order valence-electron chi connectivity index (χ4n) is 3.58. The number of carbonyl (C=O) groups excluding carboxylic acids is 3. The largest absolute Gasteiger partial charge is 0.476 e. The molecule has 1 aromatic heterocycles. The van der Waals surface area contributed by atoms with Crippen LogP contribution in [0.1, 0.15) is 19.4 Å². The number of benzene rings is 1. The van der Waals surface area contributed by atoms with Gasteiger partial charge in [-0.2, -0.15) is 0 Å². The summed E-state index contributed by atoms with van der Waals surface area (Å²) in [6, 6.07) is 6.43. The van der Waals surface area contributed by atoms with Crippen molar-refractivity contribution in [3.05, 3.63) is 40.2 Å². The van der Waals surface area contributed by atoms with Crippen LogP contribution in [0.2, 0.25) is 0 Å². The Hall–Kier alpha value is -3.05. The minimum atomic E-state index is -1.07. The van der Waals surface area contributed by atoms with Gasteiger partial charge in [-0.15, -0.1) is 11.8 Å². The number of thioether (sulfide) groups is 1. The summed E-state index contributed by atoms with van der Waals surface area (Å²) in [5.74, 6) is -1.14. The van der Waals surface area contributed by atoms with Crippen molar-refractivity contribution in [1.82, 2.24) is 4.90 Å². The Morgan fingerprint density at radius 1 is 1.06 bits per heavy atom. The number of carbonyl (C=O) groups is 3. The van der Waals surface area contributed by atoms with Crippen LogP contribution in [0.3, 0.4) is 0 Å². The first kappa shape index (κ1) is 25.6. The highest BCUT2D eigenvalue weighted by molar-refractivity contribution is 7.99. The van der Waals surface area contributed by atoms with Gasteiger partial charge in [0.1, 0.15) is 11.3 Å². The van der Waals surface area contributed by atoms with Crippen LogP contribution in [0, 0.1) is 6.92 Å². The highest BCUT2D eigenvalue weighted by Crippen LogP contribution is 2.35. The van der Waals surface area contributed by atoms with E-state index in [1.54, 1.807) is 44.1 Å². The molecule has 1 aromatic carbocycles. The van der Waals surface area contributed by atoms with E-state index in [0.717, 1.165) is 10.9 Å². The van der Waals surface area contributed by atoms with E-state index >= 15 is 0 Å². The molecule has 0 spiro atoms. The van der Waals surface area contributed by atoms with Gasteiger partial charge in [-0.05, 0) is 38.7 Å². The number of fused-ring (bicyclic) bond motifs is 1. The summed E-state index contributed by atoms with van der Waals surface area (Å²) in [5, 5.41) is 0.755. The van der Waals surface area contributed by atoms with E-state index in [4.69, 9.17) is 23.4 Å². The second kappa shape index (κ2) is 10.9. The third-order valence-electron chi connectivity index (χ3n) is 4.89. The fraction of sp³-hybridized carbons (Fsp3) is 0.478. The third kappa shape index (κ3) is 6.51. The first-order chi connectivity index (χ1) is 16.0. The van der Waals surface area contributed by atoms with Gasteiger partial charge in [-0.3, -0.25) is 19.3 Å². The topological polar surface area (TPSA) is 122 Å². The first-order valence-electron chi connectivity index (χ1n) is 10.5. The molecular weight excluding hydrogens is 466 g/mol. The number of aryl methyl sites for hydroxylation is 1. The molecule has 0 amide bonds. The number of esters is 3. The summed E-state index contributed by atoms with van der Waals surface area (Å²) in [7, 11) is 3.42. The van der Waals surface area contributed by atoms with E-state index in [2.05, 4.69) is 0 Å². The third-order valence-corrected chi connectivity index (χ3v) is 6.10. The maximum atomic E-state index is 12.5. The molecule has 184 valence electrons. The van der Waals surface area contributed by atoms with Gasteiger partial charge in [0.05, 0.1) is 6.54 Å². The lowest BCUT2D eigenvalue weighted by Gasteiger charge is -2.40. The molecular formula is C23H27NO9S. The van der Waals surface area contributed by atoms with Crippen molar-refractivity contribution < 1.29 is 37.7 Å². The van der Waals surface area contributed by atoms with Gasteiger partial charge < -0.3 is 23.4 Å². The second-order valence-electron chi connectivity index (χ2n) is 8.14. The molecule has 2 aromatic rings. The summed E-state index contributed by atoms with van der Waals surface area (Å²) in [6.45, 7) is 4.25. The highest BCUT2D eigenvalue weighted by atomic mass is 32.2. The summed E-state index contributed by atoms with van der Waals surface area (Å²) < 4.78 is 27.8. The fourth-order valence-corrected chi connectivity index (χ4v) is 4.79. The van der Waals surface area contributed by atoms with E-state index in [1.165, 1.54) is 31.7 Å². The van der Waals surface area contributed by atoms with E-state index in [9.17, 15) is 19.2 Å². The number of rotatable bonds is 7. The average molecular weight is 494 g/mol. The van der Waals surface area contributed by atoms with E-state index < -0.39 is 47.3 Å². The van der Waals surface area contributed by atoms with Crippen molar-refractivity contribution in [2.45, 2.75) is 44.5 Å². The number of ether oxygens (including phenoxy) is 4.